The summed E-state index contributed by atoms with van der Waals surface area (Å²) in [5.41, 5.74) is 0.0713. The SMILES string of the molecule is CC(C)n1c(=O)c2oc3ccccc3c2n(CC#N)c1=O. The molecule has 0 N–H and O–H groups in total. The van der Waals surface area contributed by atoms with Gasteiger partial charge in [0.2, 0.25) is 5.58 Å². The summed E-state index contributed by atoms with van der Waals surface area (Å²) < 4.78 is 8.02. The number of furan rings is 1. The lowest BCUT2D eigenvalue weighted by Crippen LogP contribution is -2.40. The number of nitrogens with zero attached hydrogens (tertiary/aromatic N) is 3. The molecule has 0 unspecified atom stereocenters. The van der Waals surface area contributed by atoms with Crippen molar-refractivity contribution in [3.05, 3.63) is 45.1 Å². The zero-order chi connectivity index (χ0) is 15.1. The summed E-state index contributed by atoms with van der Waals surface area (Å²) in [4.78, 5) is 25.0. The van der Waals surface area contributed by atoms with Crippen LogP contribution in [0.3, 0.4) is 0 Å². The molecule has 0 bridgehead atoms. The predicted octanol–water partition coefficient (Wildman–Crippen LogP) is 2.01. The van der Waals surface area contributed by atoms with Crippen molar-refractivity contribution in [3.8, 4) is 6.07 Å². The second kappa shape index (κ2) is 4.63. The molecule has 3 aromatic rings. The van der Waals surface area contributed by atoms with Crippen molar-refractivity contribution < 1.29 is 4.42 Å². The molecule has 0 spiro atoms. The molecule has 0 aliphatic heterocycles. The van der Waals surface area contributed by atoms with E-state index in [9.17, 15) is 9.59 Å². The molecule has 2 heterocycles. The van der Waals surface area contributed by atoms with Gasteiger partial charge >= 0.3 is 5.69 Å². The van der Waals surface area contributed by atoms with Crippen molar-refractivity contribution in [2.75, 3.05) is 0 Å². The zero-order valence-electron chi connectivity index (χ0n) is 11.7. The summed E-state index contributed by atoms with van der Waals surface area (Å²) >= 11 is 0. The summed E-state index contributed by atoms with van der Waals surface area (Å²) in [5.74, 6) is 0. The van der Waals surface area contributed by atoms with Gasteiger partial charge in [-0.1, -0.05) is 12.1 Å². The summed E-state index contributed by atoms with van der Waals surface area (Å²) in [6.07, 6.45) is 0. The Morgan fingerprint density at radius 2 is 2.00 bits per heavy atom. The number of hydrogen-bond acceptors (Lipinski definition) is 4. The minimum atomic E-state index is -0.490. The maximum Gasteiger partial charge on any atom is 0.332 e. The fraction of sp³-hybridized carbons (Fsp3) is 0.267. The van der Waals surface area contributed by atoms with Gasteiger partial charge < -0.3 is 4.42 Å². The van der Waals surface area contributed by atoms with Crippen LogP contribution in [0.15, 0.2) is 38.3 Å². The van der Waals surface area contributed by atoms with E-state index in [-0.39, 0.29) is 18.2 Å². The van der Waals surface area contributed by atoms with E-state index in [1.165, 1.54) is 4.57 Å². The van der Waals surface area contributed by atoms with Crippen LogP contribution in [-0.4, -0.2) is 9.13 Å². The van der Waals surface area contributed by atoms with Crippen molar-refractivity contribution in [1.82, 2.24) is 9.13 Å². The number of rotatable bonds is 2. The first-order valence-electron chi connectivity index (χ1n) is 6.59. The van der Waals surface area contributed by atoms with Gasteiger partial charge in [0.25, 0.3) is 5.56 Å². The summed E-state index contributed by atoms with van der Waals surface area (Å²) in [7, 11) is 0. The van der Waals surface area contributed by atoms with Gasteiger partial charge in [-0.2, -0.15) is 5.26 Å². The first-order valence-corrected chi connectivity index (χ1v) is 6.59. The second-order valence-corrected chi connectivity index (χ2v) is 5.07. The average Bonchev–Trinajstić information content (AvgIpc) is 2.83. The lowest BCUT2D eigenvalue weighted by molar-refractivity contribution is 0.516. The van der Waals surface area contributed by atoms with Crippen LogP contribution in [0.4, 0.5) is 0 Å². The molecule has 1 aromatic carbocycles. The largest absolute Gasteiger partial charge is 0.449 e. The number of aromatic nitrogens is 2. The predicted molar refractivity (Wildman–Crippen MR) is 78.2 cm³/mol. The van der Waals surface area contributed by atoms with E-state index in [1.54, 1.807) is 38.1 Å². The summed E-state index contributed by atoms with van der Waals surface area (Å²) in [6, 6.07) is 8.74. The number of fused-ring (bicyclic) bond motifs is 3. The molecule has 0 radical (unpaired) electrons. The summed E-state index contributed by atoms with van der Waals surface area (Å²) in [6.45, 7) is 3.36. The molecule has 0 amide bonds. The minimum Gasteiger partial charge on any atom is -0.449 e. The topological polar surface area (TPSA) is 80.9 Å². The molecule has 0 aliphatic rings. The van der Waals surface area contributed by atoms with Gasteiger partial charge in [0.1, 0.15) is 17.6 Å². The number of benzene rings is 1. The van der Waals surface area contributed by atoms with Gasteiger partial charge in [-0.05, 0) is 26.0 Å². The van der Waals surface area contributed by atoms with Crippen LogP contribution < -0.4 is 11.2 Å². The monoisotopic (exact) mass is 283 g/mol. The van der Waals surface area contributed by atoms with Gasteiger partial charge in [0.05, 0.1) is 6.07 Å². The molecule has 2 aromatic heterocycles. The maximum absolute atomic E-state index is 12.5. The quantitative estimate of drug-likeness (QED) is 0.720. The molecular weight excluding hydrogens is 270 g/mol. The number of nitriles is 1. The molecule has 0 saturated carbocycles. The normalized spacial score (nSPS) is 11.3. The van der Waals surface area contributed by atoms with Gasteiger partial charge in [-0.3, -0.25) is 13.9 Å². The van der Waals surface area contributed by atoms with E-state index in [4.69, 9.17) is 9.68 Å². The van der Waals surface area contributed by atoms with Crippen molar-refractivity contribution in [2.45, 2.75) is 26.4 Å². The number of hydrogen-bond donors (Lipinski definition) is 0. The highest BCUT2D eigenvalue weighted by atomic mass is 16.3. The second-order valence-electron chi connectivity index (χ2n) is 5.07. The van der Waals surface area contributed by atoms with E-state index >= 15 is 0 Å². The van der Waals surface area contributed by atoms with Crippen LogP contribution in [-0.2, 0) is 6.54 Å². The van der Waals surface area contributed by atoms with E-state index < -0.39 is 11.2 Å². The fourth-order valence-corrected chi connectivity index (χ4v) is 2.54. The Morgan fingerprint density at radius 3 is 2.67 bits per heavy atom. The van der Waals surface area contributed by atoms with Crippen molar-refractivity contribution in [2.24, 2.45) is 0 Å². The third-order valence-electron chi connectivity index (χ3n) is 3.43. The highest BCUT2D eigenvalue weighted by Gasteiger charge is 2.20. The zero-order valence-corrected chi connectivity index (χ0v) is 11.7. The molecule has 6 heteroatoms. The highest BCUT2D eigenvalue weighted by Crippen LogP contribution is 2.25. The first kappa shape index (κ1) is 13.2. The van der Waals surface area contributed by atoms with Crippen molar-refractivity contribution >= 4 is 22.1 Å². The van der Waals surface area contributed by atoms with Gasteiger partial charge in [0, 0.05) is 11.4 Å². The van der Waals surface area contributed by atoms with Gasteiger partial charge in [-0.15, -0.1) is 0 Å². The Bertz CT molecular complexity index is 999. The van der Waals surface area contributed by atoms with Crippen LogP contribution in [0.25, 0.3) is 22.1 Å². The standard InChI is InChI=1S/C15H13N3O3/c1-9(2)18-14(19)13-12(17(8-7-16)15(18)20)10-5-3-4-6-11(10)21-13/h3-6,9H,8H2,1-2H3. The Morgan fingerprint density at radius 1 is 1.29 bits per heavy atom. The first-order chi connectivity index (χ1) is 10.1. The molecule has 0 fully saturated rings. The molecule has 6 nitrogen and oxygen atoms in total. The molecule has 3 rings (SSSR count). The fourth-order valence-electron chi connectivity index (χ4n) is 2.54. The molecule has 0 atom stereocenters. The van der Waals surface area contributed by atoms with Crippen molar-refractivity contribution in [3.63, 3.8) is 0 Å². The Kier molecular flexibility index (Phi) is 2.91. The van der Waals surface area contributed by atoms with Crippen LogP contribution in [0.1, 0.15) is 19.9 Å². The van der Waals surface area contributed by atoms with E-state index in [0.29, 0.717) is 16.5 Å². The lowest BCUT2D eigenvalue weighted by atomic mass is 10.2. The third-order valence-corrected chi connectivity index (χ3v) is 3.43. The highest BCUT2D eigenvalue weighted by molar-refractivity contribution is 6.02. The maximum atomic E-state index is 12.5. The third kappa shape index (κ3) is 1.78. The molecule has 0 aliphatic carbocycles. The average molecular weight is 283 g/mol. The van der Waals surface area contributed by atoms with Gasteiger partial charge in [0.15, 0.2) is 0 Å². The van der Waals surface area contributed by atoms with Crippen molar-refractivity contribution in [1.29, 1.82) is 5.26 Å². The molecule has 21 heavy (non-hydrogen) atoms. The van der Waals surface area contributed by atoms with E-state index in [2.05, 4.69) is 0 Å². The smallest absolute Gasteiger partial charge is 0.332 e. The van der Waals surface area contributed by atoms with Crippen LogP contribution >= 0.6 is 0 Å². The lowest BCUT2D eigenvalue weighted by Gasteiger charge is -2.11. The molecular formula is C15H13N3O3. The Hall–Kier alpha value is -2.81. The van der Waals surface area contributed by atoms with E-state index in [0.717, 1.165) is 4.57 Å². The van der Waals surface area contributed by atoms with Crippen LogP contribution in [0.2, 0.25) is 0 Å². The van der Waals surface area contributed by atoms with Gasteiger partial charge in [-0.25, -0.2) is 4.79 Å². The molecule has 106 valence electrons. The van der Waals surface area contributed by atoms with Crippen LogP contribution in [0.5, 0.6) is 0 Å². The van der Waals surface area contributed by atoms with E-state index in [1.807, 2.05) is 6.07 Å². The Labute approximate surface area is 119 Å². The van der Waals surface area contributed by atoms with Crippen LogP contribution in [0, 0.1) is 11.3 Å². The Balaban J connectivity index is 2.64. The minimum absolute atomic E-state index is 0.111. The summed E-state index contributed by atoms with van der Waals surface area (Å²) in [5, 5.41) is 9.64. The number of para-hydroxylation sites is 1. The molecule has 0 saturated heterocycles.